The molecule has 0 radical (unpaired) electrons. The van der Waals surface area contributed by atoms with Crippen molar-refractivity contribution in [3.8, 4) is 22.8 Å². The highest BCUT2D eigenvalue weighted by Gasteiger charge is 2.29. The SMILES string of the molecule is COc1ccc(-c2csc(NC(=O)c3ccc(Cl)c(S(=O)(=O)N4CCCC4)c3)n2)cc1OC. The van der Waals surface area contributed by atoms with Gasteiger partial charge in [-0.25, -0.2) is 13.4 Å². The largest absolute Gasteiger partial charge is 0.493 e. The van der Waals surface area contributed by atoms with Crippen LogP contribution < -0.4 is 14.8 Å². The van der Waals surface area contributed by atoms with E-state index < -0.39 is 15.9 Å². The van der Waals surface area contributed by atoms with Crippen LogP contribution in [0.5, 0.6) is 11.5 Å². The second-order valence-electron chi connectivity index (χ2n) is 7.32. The van der Waals surface area contributed by atoms with Gasteiger partial charge in [0.05, 0.1) is 24.9 Å². The van der Waals surface area contributed by atoms with Crippen molar-refractivity contribution in [3.05, 3.63) is 52.4 Å². The van der Waals surface area contributed by atoms with Crippen molar-refractivity contribution in [2.45, 2.75) is 17.7 Å². The van der Waals surface area contributed by atoms with E-state index in [4.69, 9.17) is 21.1 Å². The molecule has 1 fully saturated rings. The summed E-state index contributed by atoms with van der Waals surface area (Å²) in [5.74, 6) is 0.701. The molecule has 2 aromatic carbocycles. The fourth-order valence-corrected chi connectivity index (χ4v) is 6.27. The first-order valence-corrected chi connectivity index (χ1v) is 12.8. The summed E-state index contributed by atoms with van der Waals surface area (Å²) in [6, 6.07) is 9.65. The summed E-state index contributed by atoms with van der Waals surface area (Å²) in [6.45, 7) is 0.903. The maximum absolute atomic E-state index is 12.9. The normalized spacial score (nSPS) is 14.3. The number of benzene rings is 2. The van der Waals surface area contributed by atoms with E-state index in [1.165, 1.54) is 33.8 Å². The van der Waals surface area contributed by atoms with Gasteiger partial charge in [0.2, 0.25) is 10.0 Å². The van der Waals surface area contributed by atoms with Crippen LogP contribution in [0.2, 0.25) is 5.02 Å². The molecule has 2 heterocycles. The van der Waals surface area contributed by atoms with Crippen LogP contribution in [-0.4, -0.2) is 50.9 Å². The number of anilines is 1. The molecule has 0 aliphatic carbocycles. The number of hydrogen-bond acceptors (Lipinski definition) is 7. The molecular formula is C22H22ClN3O5S2. The summed E-state index contributed by atoms with van der Waals surface area (Å²) in [4.78, 5) is 17.2. The van der Waals surface area contributed by atoms with Crippen molar-refractivity contribution >= 4 is 44.0 Å². The third-order valence-electron chi connectivity index (χ3n) is 5.28. The first-order valence-electron chi connectivity index (χ1n) is 10.1. The quantitative estimate of drug-likeness (QED) is 0.505. The Kier molecular flexibility index (Phi) is 6.89. The number of hydrogen-bond donors (Lipinski definition) is 1. The van der Waals surface area contributed by atoms with E-state index in [-0.39, 0.29) is 15.5 Å². The number of nitrogens with one attached hydrogen (secondary N) is 1. The van der Waals surface area contributed by atoms with Crippen LogP contribution >= 0.6 is 22.9 Å². The van der Waals surface area contributed by atoms with E-state index in [0.717, 1.165) is 18.4 Å². The second-order valence-corrected chi connectivity index (χ2v) is 10.5. The van der Waals surface area contributed by atoms with Crippen LogP contribution in [0.1, 0.15) is 23.2 Å². The van der Waals surface area contributed by atoms with E-state index in [9.17, 15) is 13.2 Å². The molecule has 0 bridgehead atoms. The predicted molar refractivity (Wildman–Crippen MR) is 128 cm³/mol. The van der Waals surface area contributed by atoms with Crippen LogP contribution in [0.4, 0.5) is 5.13 Å². The Labute approximate surface area is 201 Å². The van der Waals surface area contributed by atoms with Crippen molar-refractivity contribution < 1.29 is 22.7 Å². The zero-order valence-electron chi connectivity index (χ0n) is 18.0. The predicted octanol–water partition coefficient (Wildman–Crippen LogP) is 4.52. The molecule has 1 aromatic heterocycles. The number of carbonyl (C=O) groups excluding carboxylic acids is 1. The number of methoxy groups -OCH3 is 2. The molecule has 174 valence electrons. The Balaban J connectivity index is 1.55. The third-order valence-corrected chi connectivity index (χ3v) is 8.42. The maximum Gasteiger partial charge on any atom is 0.257 e. The fourth-order valence-electron chi connectivity index (χ4n) is 3.54. The van der Waals surface area contributed by atoms with Crippen LogP contribution in [0.25, 0.3) is 11.3 Å². The van der Waals surface area contributed by atoms with Crippen LogP contribution in [0.15, 0.2) is 46.7 Å². The number of sulfonamides is 1. The van der Waals surface area contributed by atoms with Gasteiger partial charge >= 0.3 is 0 Å². The molecule has 1 aliphatic heterocycles. The number of rotatable bonds is 7. The topological polar surface area (TPSA) is 97.8 Å². The van der Waals surface area contributed by atoms with Gasteiger partial charge in [-0.05, 0) is 49.2 Å². The zero-order chi connectivity index (χ0) is 23.6. The Morgan fingerprint density at radius 2 is 1.82 bits per heavy atom. The summed E-state index contributed by atoms with van der Waals surface area (Å²) >= 11 is 7.43. The molecule has 0 unspecified atom stereocenters. The van der Waals surface area contributed by atoms with Crippen molar-refractivity contribution in [3.63, 3.8) is 0 Å². The van der Waals surface area contributed by atoms with Crippen molar-refractivity contribution in [2.24, 2.45) is 0 Å². The van der Waals surface area contributed by atoms with E-state index in [0.29, 0.717) is 35.4 Å². The van der Waals surface area contributed by atoms with Gasteiger partial charge in [0.1, 0.15) is 4.90 Å². The highest BCUT2D eigenvalue weighted by molar-refractivity contribution is 7.89. The van der Waals surface area contributed by atoms with Crippen molar-refractivity contribution in [2.75, 3.05) is 32.6 Å². The van der Waals surface area contributed by atoms with Crippen molar-refractivity contribution in [1.29, 1.82) is 0 Å². The molecule has 1 amide bonds. The first-order chi connectivity index (χ1) is 15.8. The molecule has 8 nitrogen and oxygen atoms in total. The molecule has 3 aromatic rings. The van der Waals surface area contributed by atoms with Crippen LogP contribution in [0.3, 0.4) is 0 Å². The molecule has 1 aliphatic rings. The Morgan fingerprint density at radius 3 is 2.52 bits per heavy atom. The molecule has 0 atom stereocenters. The number of aromatic nitrogens is 1. The van der Waals surface area contributed by atoms with E-state index in [1.807, 2.05) is 11.4 Å². The lowest BCUT2D eigenvalue weighted by atomic mass is 10.1. The summed E-state index contributed by atoms with van der Waals surface area (Å²) in [5.41, 5.74) is 1.64. The summed E-state index contributed by atoms with van der Waals surface area (Å²) in [6.07, 6.45) is 1.62. The highest BCUT2D eigenvalue weighted by Crippen LogP contribution is 2.34. The molecule has 1 N–H and O–H groups in total. The number of thiazole rings is 1. The minimum Gasteiger partial charge on any atom is -0.493 e. The lowest BCUT2D eigenvalue weighted by Gasteiger charge is -2.17. The summed E-state index contributed by atoms with van der Waals surface area (Å²) in [5, 5.41) is 5.00. The minimum absolute atomic E-state index is 0.0659. The smallest absolute Gasteiger partial charge is 0.257 e. The number of halogens is 1. The Hall–Kier alpha value is -2.66. The van der Waals surface area contributed by atoms with Crippen LogP contribution in [-0.2, 0) is 10.0 Å². The zero-order valence-corrected chi connectivity index (χ0v) is 20.4. The molecule has 0 spiro atoms. The fraction of sp³-hybridized carbons (Fsp3) is 0.273. The standard InChI is InChI=1S/C22H22ClN3O5S2/c1-30-18-8-6-14(11-19(18)31-2)17-13-32-22(24-17)25-21(27)15-5-7-16(23)20(12-15)33(28,29)26-9-3-4-10-26/h5-8,11-13H,3-4,9-10H2,1-2H3,(H,24,25,27). The number of amides is 1. The van der Waals surface area contributed by atoms with Crippen molar-refractivity contribution in [1.82, 2.24) is 9.29 Å². The van der Waals surface area contributed by atoms with E-state index in [2.05, 4.69) is 10.3 Å². The number of nitrogens with zero attached hydrogens (tertiary/aromatic N) is 2. The van der Waals surface area contributed by atoms with E-state index in [1.54, 1.807) is 26.4 Å². The summed E-state index contributed by atoms with van der Waals surface area (Å²) in [7, 11) is -0.640. The molecule has 0 saturated carbocycles. The monoisotopic (exact) mass is 507 g/mol. The van der Waals surface area contributed by atoms with E-state index >= 15 is 0 Å². The second kappa shape index (κ2) is 9.68. The minimum atomic E-state index is -3.76. The highest BCUT2D eigenvalue weighted by atomic mass is 35.5. The molecular weight excluding hydrogens is 486 g/mol. The van der Waals surface area contributed by atoms with Gasteiger partial charge in [0.15, 0.2) is 16.6 Å². The van der Waals surface area contributed by atoms with Gasteiger partial charge in [-0.1, -0.05) is 11.6 Å². The van der Waals surface area contributed by atoms with Gasteiger partial charge in [-0.15, -0.1) is 11.3 Å². The number of carbonyl (C=O) groups is 1. The average molecular weight is 508 g/mol. The Morgan fingerprint density at radius 1 is 1.09 bits per heavy atom. The molecule has 11 heteroatoms. The molecule has 1 saturated heterocycles. The van der Waals surface area contributed by atoms with Gasteiger partial charge in [0, 0.05) is 29.6 Å². The lowest BCUT2D eigenvalue weighted by Crippen LogP contribution is -2.28. The molecule has 4 rings (SSSR count). The maximum atomic E-state index is 12.9. The molecule has 33 heavy (non-hydrogen) atoms. The van der Waals surface area contributed by atoms with Gasteiger partial charge in [-0.3, -0.25) is 10.1 Å². The van der Waals surface area contributed by atoms with Gasteiger partial charge in [0.25, 0.3) is 5.91 Å². The average Bonchev–Trinajstić information content (AvgIpc) is 3.51. The Bertz CT molecular complexity index is 1290. The van der Waals surface area contributed by atoms with Gasteiger partial charge in [-0.2, -0.15) is 4.31 Å². The first kappa shape index (κ1) is 23.5. The number of ether oxygens (including phenoxy) is 2. The summed E-state index contributed by atoms with van der Waals surface area (Å²) < 4.78 is 37.8. The lowest BCUT2D eigenvalue weighted by molar-refractivity contribution is 0.102. The van der Waals surface area contributed by atoms with Crippen LogP contribution in [0, 0.1) is 0 Å². The third kappa shape index (κ3) is 4.84. The van der Waals surface area contributed by atoms with Gasteiger partial charge < -0.3 is 9.47 Å².